The van der Waals surface area contributed by atoms with E-state index in [0.717, 1.165) is 37.1 Å². The van der Waals surface area contributed by atoms with Crippen molar-refractivity contribution in [3.8, 4) is 6.07 Å². The minimum atomic E-state index is -0.128. The normalized spacial score (nSPS) is 14.4. The van der Waals surface area contributed by atoms with E-state index in [9.17, 15) is 10.1 Å². The number of carbonyl (C=O) groups excluding carboxylic acids is 1. The molecule has 2 aromatic rings. The summed E-state index contributed by atoms with van der Waals surface area (Å²) in [7, 11) is 0. The maximum atomic E-state index is 12.3. The van der Waals surface area contributed by atoms with Crippen molar-refractivity contribution in [3.63, 3.8) is 0 Å². The van der Waals surface area contributed by atoms with Gasteiger partial charge < -0.3 is 5.32 Å². The molecule has 1 aliphatic carbocycles. The minimum absolute atomic E-state index is 0.128. The van der Waals surface area contributed by atoms with Crippen molar-refractivity contribution in [1.82, 2.24) is 15.2 Å². The number of carbonyl (C=O) groups is 1. The first-order valence-corrected chi connectivity index (χ1v) is 10.8. The summed E-state index contributed by atoms with van der Waals surface area (Å²) >= 11 is 2.86. The number of amides is 1. The Morgan fingerprint density at radius 2 is 2.12 bits per heavy atom. The molecule has 3 rings (SSSR count). The Balaban J connectivity index is 1.65. The topological polar surface area (TPSA) is 94.5 Å². The number of hydrogen-bond donors (Lipinski definition) is 2. The molecule has 0 saturated carbocycles. The molecule has 1 amide bonds. The van der Waals surface area contributed by atoms with Crippen LogP contribution in [0.5, 0.6) is 0 Å². The highest BCUT2D eigenvalue weighted by Crippen LogP contribution is 2.36. The number of aromatic nitrogens is 3. The van der Waals surface area contributed by atoms with Crippen LogP contribution in [-0.4, -0.2) is 26.8 Å². The van der Waals surface area contributed by atoms with E-state index in [1.165, 1.54) is 29.5 Å². The first kappa shape index (κ1) is 18.9. The molecule has 2 heterocycles. The van der Waals surface area contributed by atoms with Crippen LogP contribution in [0.15, 0.2) is 5.16 Å². The molecule has 6 nitrogen and oxygen atoms in total. The van der Waals surface area contributed by atoms with Crippen LogP contribution in [0.25, 0.3) is 0 Å². The van der Waals surface area contributed by atoms with E-state index < -0.39 is 0 Å². The Hall–Kier alpha value is -1.85. The number of aromatic amines is 1. The third-order valence-corrected chi connectivity index (χ3v) is 6.45. The van der Waals surface area contributed by atoms with Crippen molar-refractivity contribution in [2.45, 2.75) is 63.4 Å². The fourth-order valence-corrected chi connectivity index (χ4v) is 4.86. The molecule has 0 radical (unpaired) electrons. The summed E-state index contributed by atoms with van der Waals surface area (Å²) in [6.45, 7) is 4.07. The summed E-state index contributed by atoms with van der Waals surface area (Å²) in [6, 6.07) is 2.31. The van der Waals surface area contributed by atoms with Crippen molar-refractivity contribution in [3.05, 3.63) is 21.8 Å². The van der Waals surface area contributed by atoms with Gasteiger partial charge in [0.25, 0.3) is 0 Å². The van der Waals surface area contributed by atoms with E-state index >= 15 is 0 Å². The predicted molar refractivity (Wildman–Crippen MR) is 105 cm³/mol. The number of nitrogens with one attached hydrogen (secondary N) is 2. The molecular formula is C18H23N5OS2. The molecule has 0 spiro atoms. The monoisotopic (exact) mass is 389 g/mol. The van der Waals surface area contributed by atoms with E-state index in [1.54, 1.807) is 11.3 Å². The van der Waals surface area contributed by atoms with Crippen LogP contribution in [0.2, 0.25) is 0 Å². The molecule has 1 aliphatic rings. The van der Waals surface area contributed by atoms with Gasteiger partial charge in [-0.05, 0) is 31.2 Å². The van der Waals surface area contributed by atoms with Gasteiger partial charge in [0.05, 0.1) is 11.3 Å². The number of H-pyrrole nitrogens is 1. The Morgan fingerprint density at radius 3 is 2.81 bits per heavy atom. The van der Waals surface area contributed by atoms with Crippen LogP contribution in [0, 0.1) is 11.3 Å². The Morgan fingerprint density at radius 1 is 1.35 bits per heavy atom. The van der Waals surface area contributed by atoms with Crippen molar-refractivity contribution in [2.24, 2.45) is 0 Å². The molecule has 8 heteroatoms. The second kappa shape index (κ2) is 8.69. The van der Waals surface area contributed by atoms with E-state index in [0.29, 0.717) is 15.7 Å². The van der Waals surface area contributed by atoms with Crippen LogP contribution in [0.3, 0.4) is 0 Å². The van der Waals surface area contributed by atoms with Gasteiger partial charge in [-0.1, -0.05) is 38.5 Å². The molecule has 0 saturated heterocycles. The average Bonchev–Trinajstić information content (AvgIpc) is 3.18. The third-order valence-electron chi connectivity index (χ3n) is 4.40. The fraction of sp³-hybridized carbons (Fsp3) is 0.556. The maximum Gasteiger partial charge on any atom is 0.235 e. The summed E-state index contributed by atoms with van der Waals surface area (Å²) in [5.41, 5.74) is 1.81. The predicted octanol–water partition coefficient (Wildman–Crippen LogP) is 4.25. The number of thiophene rings is 1. The van der Waals surface area contributed by atoms with Gasteiger partial charge in [0, 0.05) is 10.8 Å². The van der Waals surface area contributed by atoms with Gasteiger partial charge in [0.2, 0.25) is 11.1 Å². The largest absolute Gasteiger partial charge is 0.316 e. The van der Waals surface area contributed by atoms with Crippen molar-refractivity contribution < 1.29 is 4.79 Å². The Labute approximate surface area is 161 Å². The lowest BCUT2D eigenvalue weighted by Gasteiger charge is -2.08. The number of nitriles is 1. The number of anilines is 1. The molecular weight excluding hydrogens is 366 g/mol. The smallest absolute Gasteiger partial charge is 0.235 e. The quantitative estimate of drug-likeness (QED) is 0.746. The molecule has 26 heavy (non-hydrogen) atoms. The molecule has 2 aromatic heterocycles. The zero-order valence-electron chi connectivity index (χ0n) is 15.1. The number of hydrogen-bond acceptors (Lipinski definition) is 6. The number of fused-ring (bicyclic) bond motifs is 1. The molecule has 0 aliphatic heterocycles. The molecule has 0 unspecified atom stereocenters. The summed E-state index contributed by atoms with van der Waals surface area (Å²) in [5, 5.41) is 20.8. The van der Waals surface area contributed by atoms with Crippen LogP contribution in [0.1, 0.15) is 67.3 Å². The highest BCUT2D eigenvalue weighted by atomic mass is 32.2. The number of rotatable bonds is 5. The minimum Gasteiger partial charge on any atom is -0.316 e. The molecule has 0 atom stereocenters. The number of nitrogens with zero attached hydrogens (tertiary/aromatic N) is 3. The lowest BCUT2D eigenvalue weighted by molar-refractivity contribution is -0.113. The van der Waals surface area contributed by atoms with E-state index in [2.05, 4.69) is 26.6 Å². The first-order chi connectivity index (χ1) is 12.6. The first-order valence-electron chi connectivity index (χ1n) is 8.98. The molecule has 0 bridgehead atoms. The highest BCUT2D eigenvalue weighted by molar-refractivity contribution is 7.99. The van der Waals surface area contributed by atoms with Crippen LogP contribution in [-0.2, 0) is 17.6 Å². The summed E-state index contributed by atoms with van der Waals surface area (Å²) < 4.78 is 0. The van der Waals surface area contributed by atoms with Crippen LogP contribution < -0.4 is 5.32 Å². The second-order valence-electron chi connectivity index (χ2n) is 6.73. The van der Waals surface area contributed by atoms with Gasteiger partial charge in [0.15, 0.2) is 0 Å². The lowest BCUT2D eigenvalue weighted by atomic mass is 9.97. The SMILES string of the molecule is CC(C)c1nc(SCC(=O)Nc2sc3c(c2C#N)CCCCCC3)n[nH]1. The molecule has 138 valence electrons. The van der Waals surface area contributed by atoms with E-state index in [-0.39, 0.29) is 17.6 Å². The van der Waals surface area contributed by atoms with E-state index in [1.807, 2.05) is 13.8 Å². The lowest BCUT2D eigenvalue weighted by Crippen LogP contribution is -2.14. The zero-order chi connectivity index (χ0) is 18.5. The van der Waals surface area contributed by atoms with Crippen molar-refractivity contribution >= 4 is 34.0 Å². The van der Waals surface area contributed by atoms with E-state index in [4.69, 9.17) is 0 Å². The highest BCUT2D eigenvalue weighted by Gasteiger charge is 2.20. The summed E-state index contributed by atoms with van der Waals surface area (Å²) in [5.74, 6) is 1.19. The zero-order valence-corrected chi connectivity index (χ0v) is 16.7. The van der Waals surface area contributed by atoms with Crippen LogP contribution in [0.4, 0.5) is 5.00 Å². The Bertz CT molecular complexity index is 818. The summed E-state index contributed by atoms with van der Waals surface area (Å²) in [6.07, 6.45) is 6.68. The van der Waals surface area contributed by atoms with Gasteiger partial charge >= 0.3 is 0 Å². The van der Waals surface area contributed by atoms with Gasteiger partial charge in [-0.3, -0.25) is 9.89 Å². The maximum absolute atomic E-state index is 12.3. The van der Waals surface area contributed by atoms with Gasteiger partial charge in [-0.15, -0.1) is 16.4 Å². The molecule has 2 N–H and O–H groups in total. The van der Waals surface area contributed by atoms with Gasteiger partial charge in [-0.25, -0.2) is 4.98 Å². The molecule has 0 fully saturated rings. The van der Waals surface area contributed by atoms with Crippen molar-refractivity contribution in [1.29, 1.82) is 5.26 Å². The summed E-state index contributed by atoms with van der Waals surface area (Å²) in [4.78, 5) is 18.0. The number of thioether (sulfide) groups is 1. The van der Waals surface area contributed by atoms with Crippen molar-refractivity contribution in [2.75, 3.05) is 11.1 Å². The second-order valence-corrected chi connectivity index (χ2v) is 8.78. The standard InChI is InChI=1S/C18H23N5OS2/c1-11(2)16-21-18(23-22-16)25-10-15(24)20-17-13(9-19)12-7-5-3-4-6-8-14(12)26-17/h11H,3-8,10H2,1-2H3,(H,20,24)(H,21,22,23). The van der Waals surface area contributed by atoms with Crippen LogP contribution >= 0.6 is 23.1 Å². The van der Waals surface area contributed by atoms with Gasteiger partial charge in [-0.2, -0.15) is 5.26 Å². The Kier molecular flexibility index (Phi) is 6.33. The number of aryl methyl sites for hydroxylation is 1. The third kappa shape index (κ3) is 4.46. The fourth-order valence-electron chi connectivity index (χ4n) is 3.00. The average molecular weight is 390 g/mol. The molecule has 0 aromatic carbocycles. The van der Waals surface area contributed by atoms with Gasteiger partial charge in [0.1, 0.15) is 16.9 Å².